The summed E-state index contributed by atoms with van der Waals surface area (Å²) in [5.74, 6) is 2.01. The van der Waals surface area contributed by atoms with Crippen molar-refractivity contribution < 1.29 is 4.42 Å². The van der Waals surface area contributed by atoms with Crippen LogP contribution in [-0.4, -0.2) is 24.0 Å². The second-order valence-electron chi connectivity index (χ2n) is 6.66. The summed E-state index contributed by atoms with van der Waals surface area (Å²) in [6.45, 7) is 9.54. The van der Waals surface area contributed by atoms with Gasteiger partial charge in [0.25, 0.3) is 0 Å². The largest absolute Gasteiger partial charge is 0.468 e. The Morgan fingerprint density at radius 2 is 2.11 bits per heavy atom. The molecule has 1 aromatic heterocycles. The summed E-state index contributed by atoms with van der Waals surface area (Å²) in [6, 6.07) is 2.17. The molecule has 0 aliphatic heterocycles. The molecule has 1 heterocycles. The van der Waals surface area contributed by atoms with Crippen molar-refractivity contribution in [2.75, 3.05) is 13.6 Å². The maximum atomic E-state index is 5.62. The van der Waals surface area contributed by atoms with Gasteiger partial charge in [0.05, 0.1) is 12.8 Å². The van der Waals surface area contributed by atoms with Crippen LogP contribution in [0, 0.1) is 5.92 Å². The predicted octanol–water partition coefficient (Wildman–Crippen LogP) is 3.01. The van der Waals surface area contributed by atoms with Crippen molar-refractivity contribution in [2.45, 2.75) is 52.2 Å². The number of nitrogens with zero attached hydrogens (tertiary/aromatic N) is 1. The van der Waals surface area contributed by atoms with Crippen LogP contribution < -0.4 is 5.32 Å². The Hall–Kier alpha value is -0.800. The third-order valence-electron chi connectivity index (χ3n) is 3.22. The minimum Gasteiger partial charge on any atom is -0.468 e. The van der Waals surface area contributed by atoms with Crippen molar-refractivity contribution >= 4 is 0 Å². The second-order valence-corrected chi connectivity index (χ2v) is 6.66. The number of rotatable bonds is 6. The van der Waals surface area contributed by atoms with E-state index in [0.29, 0.717) is 0 Å². The SMILES string of the molecule is CN(Cc1cc(CNC(C)(C)C)co1)CC1CC1. The van der Waals surface area contributed by atoms with Gasteiger partial charge in [0.15, 0.2) is 0 Å². The predicted molar refractivity (Wildman–Crippen MR) is 74.4 cm³/mol. The van der Waals surface area contributed by atoms with E-state index < -0.39 is 0 Å². The van der Waals surface area contributed by atoms with E-state index in [1.165, 1.54) is 24.9 Å². The molecule has 0 amide bonds. The van der Waals surface area contributed by atoms with Gasteiger partial charge >= 0.3 is 0 Å². The quantitative estimate of drug-likeness (QED) is 0.841. The van der Waals surface area contributed by atoms with Crippen LogP contribution in [0.15, 0.2) is 16.7 Å². The molecule has 0 aromatic carbocycles. The van der Waals surface area contributed by atoms with E-state index >= 15 is 0 Å². The molecule has 1 aliphatic rings. The van der Waals surface area contributed by atoms with Gasteiger partial charge in [-0.1, -0.05) is 0 Å². The Labute approximate surface area is 111 Å². The lowest BCUT2D eigenvalue weighted by atomic mass is 10.1. The van der Waals surface area contributed by atoms with Crippen LogP contribution >= 0.6 is 0 Å². The van der Waals surface area contributed by atoms with E-state index in [2.05, 4.69) is 44.1 Å². The first-order chi connectivity index (χ1) is 8.42. The van der Waals surface area contributed by atoms with Gasteiger partial charge in [-0.2, -0.15) is 0 Å². The molecule has 1 saturated carbocycles. The Morgan fingerprint density at radius 1 is 1.39 bits per heavy atom. The third kappa shape index (κ3) is 4.83. The molecule has 0 saturated heterocycles. The fraction of sp³-hybridized carbons (Fsp3) is 0.733. The van der Waals surface area contributed by atoms with Gasteiger partial charge in [0.2, 0.25) is 0 Å². The highest BCUT2D eigenvalue weighted by atomic mass is 16.3. The molecular weight excluding hydrogens is 224 g/mol. The Bertz CT molecular complexity index is 374. The van der Waals surface area contributed by atoms with Crippen molar-refractivity contribution in [3.05, 3.63) is 23.7 Å². The summed E-state index contributed by atoms with van der Waals surface area (Å²) in [5.41, 5.74) is 1.39. The molecule has 2 rings (SSSR count). The summed E-state index contributed by atoms with van der Waals surface area (Å²) in [6.07, 6.45) is 4.69. The zero-order valence-corrected chi connectivity index (χ0v) is 12.1. The monoisotopic (exact) mass is 250 g/mol. The highest BCUT2D eigenvalue weighted by Crippen LogP contribution is 2.29. The van der Waals surface area contributed by atoms with Crippen LogP contribution in [0.2, 0.25) is 0 Å². The smallest absolute Gasteiger partial charge is 0.118 e. The molecule has 18 heavy (non-hydrogen) atoms. The molecule has 3 nitrogen and oxygen atoms in total. The minimum atomic E-state index is 0.153. The maximum absolute atomic E-state index is 5.62. The average Bonchev–Trinajstić information content (AvgIpc) is 2.93. The van der Waals surface area contributed by atoms with Crippen LogP contribution in [0.1, 0.15) is 44.9 Å². The molecule has 0 bridgehead atoms. The molecule has 0 spiro atoms. The summed E-state index contributed by atoms with van der Waals surface area (Å²) < 4.78 is 5.62. The molecule has 1 N–H and O–H groups in total. The Kier molecular flexibility index (Phi) is 4.13. The summed E-state index contributed by atoms with van der Waals surface area (Å²) in [4.78, 5) is 2.36. The highest BCUT2D eigenvalue weighted by molar-refractivity contribution is 5.13. The van der Waals surface area contributed by atoms with Crippen LogP contribution in [0.3, 0.4) is 0 Å². The molecule has 1 aromatic rings. The summed E-state index contributed by atoms with van der Waals surface area (Å²) >= 11 is 0. The molecule has 0 radical (unpaired) electrons. The van der Waals surface area contributed by atoms with E-state index in [4.69, 9.17) is 4.42 Å². The molecular formula is C15H26N2O. The average molecular weight is 250 g/mol. The van der Waals surface area contributed by atoms with Gasteiger partial charge in [-0.3, -0.25) is 4.90 Å². The molecule has 1 aliphatic carbocycles. The number of hydrogen-bond acceptors (Lipinski definition) is 3. The Morgan fingerprint density at radius 3 is 2.72 bits per heavy atom. The van der Waals surface area contributed by atoms with Gasteiger partial charge < -0.3 is 9.73 Å². The van der Waals surface area contributed by atoms with Gasteiger partial charge in [-0.25, -0.2) is 0 Å². The third-order valence-corrected chi connectivity index (χ3v) is 3.22. The van der Waals surface area contributed by atoms with Gasteiger partial charge in [0, 0.05) is 24.2 Å². The van der Waals surface area contributed by atoms with E-state index in [1.807, 2.05) is 6.26 Å². The van der Waals surface area contributed by atoms with Crippen LogP contribution in [0.4, 0.5) is 0 Å². The lowest BCUT2D eigenvalue weighted by Gasteiger charge is -2.19. The number of hydrogen-bond donors (Lipinski definition) is 1. The maximum Gasteiger partial charge on any atom is 0.118 e. The first kappa shape index (κ1) is 13.6. The van der Waals surface area contributed by atoms with E-state index in [0.717, 1.165) is 24.8 Å². The highest BCUT2D eigenvalue weighted by Gasteiger charge is 2.23. The first-order valence-corrected chi connectivity index (χ1v) is 6.92. The summed E-state index contributed by atoms with van der Waals surface area (Å²) in [7, 11) is 2.17. The second kappa shape index (κ2) is 5.45. The molecule has 1 fully saturated rings. The lowest BCUT2D eigenvalue weighted by Crippen LogP contribution is -2.34. The first-order valence-electron chi connectivity index (χ1n) is 6.92. The van der Waals surface area contributed by atoms with Crippen molar-refractivity contribution in [1.29, 1.82) is 0 Å². The standard InChI is InChI=1S/C15H26N2O/c1-15(2,3)16-8-13-7-14(18-11-13)10-17(4)9-12-5-6-12/h7,11-12,16H,5-6,8-10H2,1-4H3. The van der Waals surface area contributed by atoms with Crippen LogP contribution in [-0.2, 0) is 13.1 Å². The molecule has 3 heteroatoms. The zero-order valence-electron chi connectivity index (χ0n) is 12.1. The molecule has 102 valence electrons. The molecule has 0 unspecified atom stereocenters. The summed E-state index contributed by atoms with van der Waals surface area (Å²) in [5, 5.41) is 3.47. The van der Waals surface area contributed by atoms with Crippen molar-refractivity contribution in [3.8, 4) is 0 Å². The van der Waals surface area contributed by atoms with E-state index in [-0.39, 0.29) is 5.54 Å². The normalized spacial score (nSPS) is 16.5. The fourth-order valence-corrected chi connectivity index (χ4v) is 2.04. The minimum absolute atomic E-state index is 0.153. The number of nitrogens with one attached hydrogen (secondary N) is 1. The topological polar surface area (TPSA) is 28.4 Å². The van der Waals surface area contributed by atoms with Crippen molar-refractivity contribution in [2.24, 2.45) is 5.92 Å². The zero-order chi connectivity index (χ0) is 13.2. The van der Waals surface area contributed by atoms with Crippen LogP contribution in [0.25, 0.3) is 0 Å². The molecule has 0 atom stereocenters. The van der Waals surface area contributed by atoms with Crippen molar-refractivity contribution in [3.63, 3.8) is 0 Å². The Balaban J connectivity index is 1.77. The van der Waals surface area contributed by atoms with Gasteiger partial charge in [-0.05, 0) is 52.6 Å². The lowest BCUT2D eigenvalue weighted by molar-refractivity contribution is 0.284. The van der Waals surface area contributed by atoms with E-state index in [9.17, 15) is 0 Å². The van der Waals surface area contributed by atoms with E-state index in [1.54, 1.807) is 0 Å². The van der Waals surface area contributed by atoms with Gasteiger partial charge in [0.1, 0.15) is 5.76 Å². The van der Waals surface area contributed by atoms with Crippen molar-refractivity contribution in [1.82, 2.24) is 10.2 Å². The van der Waals surface area contributed by atoms with Crippen LogP contribution in [0.5, 0.6) is 0 Å². The number of furan rings is 1. The van der Waals surface area contributed by atoms with Gasteiger partial charge in [-0.15, -0.1) is 0 Å². The fourth-order valence-electron chi connectivity index (χ4n) is 2.04.